The maximum atomic E-state index is 6.11. The highest BCUT2D eigenvalue weighted by Crippen LogP contribution is 2.30. The van der Waals surface area contributed by atoms with E-state index in [0.29, 0.717) is 23.9 Å². The second-order valence-corrected chi connectivity index (χ2v) is 8.88. The van der Waals surface area contributed by atoms with Gasteiger partial charge in [0.2, 0.25) is 0 Å². The first-order valence-corrected chi connectivity index (χ1v) is 12.5. The van der Waals surface area contributed by atoms with E-state index in [1.807, 2.05) is 84.9 Å². The number of benzene rings is 5. The Kier molecular flexibility index (Phi) is 7.61. The van der Waals surface area contributed by atoms with Crippen molar-refractivity contribution in [3.63, 3.8) is 0 Å². The zero-order chi connectivity index (χ0) is 26.2. The molecule has 38 heavy (non-hydrogen) atoms. The summed E-state index contributed by atoms with van der Waals surface area (Å²) in [6, 6.07) is 44.6. The maximum absolute atomic E-state index is 6.11. The summed E-state index contributed by atoms with van der Waals surface area (Å²) in [5, 5.41) is 0. The molecule has 0 aliphatic rings. The third-order valence-corrected chi connectivity index (χ3v) is 6.17. The van der Waals surface area contributed by atoms with Gasteiger partial charge in [-0.15, -0.1) is 0 Å². The molecule has 0 saturated carbocycles. The van der Waals surface area contributed by atoms with Gasteiger partial charge in [0.05, 0.1) is 6.54 Å². The van der Waals surface area contributed by atoms with Crippen LogP contribution in [0.4, 0.5) is 5.69 Å². The van der Waals surface area contributed by atoms with Crippen LogP contribution in [0.1, 0.15) is 16.7 Å². The minimum atomic E-state index is 0.503. The van der Waals surface area contributed by atoms with Gasteiger partial charge in [-0.2, -0.15) is 0 Å². The molecule has 0 atom stereocenters. The van der Waals surface area contributed by atoms with E-state index in [1.165, 1.54) is 0 Å². The number of rotatable bonds is 6. The number of nitrogens with zero attached hydrogens (tertiary/aromatic N) is 3. The molecular weight excluding hydrogens is 464 g/mol. The summed E-state index contributed by atoms with van der Waals surface area (Å²) in [5.74, 6) is 1.11. The molecule has 0 saturated heterocycles. The normalized spacial score (nSPS) is 11.8. The molecule has 0 radical (unpaired) electrons. The summed E-state index contributed by atoms with van der Waals surface area (Å²) in [5.41, 5.74) is 13.9. The van der Waals surface area contributed by atoms with Crippen LogP contribution < -0.4 is 5.73 Å². The van der Waals surface area contributed by atoms with Crippen LogP contribution in [0.2, 0.25) is 0 Å². The largest absolute Gasteiger partial charge is 0.399 e. The van der Waals surface area contributed by atoms with E-state index in [-0.39, 0.29) is 0 Å². The van der Waals surface area contributed by atoms with Crippen molar-refractivity contribution in [2.75, 3.05) is 5.73 Å². The Bertz CT molecular complexity index is 1590. The maximum Gasteiger partial charge on any atom is 0.161 e. The zero-order valence-corrected chi connectivity index (χ0v) is 21.0. The molecule has 0 unspecified atom stereocenters. The molecule has 0 amide bonds. The van der Waals surface area contributed by atoms with Crippen LogP contribution in [0.3, 0.4) is 0 Å². The van der Waals surface area contributed by atoms with E-state index >= 15 is 0 Å². The second-order valence-electron chi connectivity index (χ2n) is 8.88. The van der Waals surface area contributed by atoms with Gasteiger partial charge in [-0.3, -0.25) is 4.99 Å². The van der Waals surface area contributed by atoms with E-state index < -0.39 is 0 Å². The lowest BCUT2D eigenvalue weighted by atomic mass is 9.95. The van der Waals surface area contributed by atoms with Crippen LogP contribution in [0.25, 0.3) is 22.3 Å². The Morgan fingerprint density at radius 3 is 1.82 bits per heavy atom. The van der Waals surface area contributed by atoms with E-state index in [0.717, 1.165) is 38.9 Å². The molecule has 4 heteroatoms. The van der Waals surface area contributed by atoms with Gasteiger partial charge in [0.15, 0.2) is 11.7 Å². The van der Waals surface area contributed by atoms with Gasteiger partial charge in [0, 0.05) is 16.8 Å². The Morgan fingerprint density at radius 2 is 1.16 bits per heavy atom. The Morgan fingerprint density at radius 1 is 0.553 bits per heavy atom. The zero-order valence-electron chi connectivity index (χ0n) is 21.0. The van der Waals surface area contributed by atoms with Crippen molar-refractivity contribution in [2.45, 2.75) is 6.54 Å². The Labute approximate surface area is 223 Å². The smallest absolute Gasteiger partial charge is 0.161 e. The molecule has 0 aliphatic carbocycles. The lowest BCUT2D eigenvalue weighted by Gasteiger charge is -2.12. The fourth-order valence-corrected chi connectivity index (χ4v) is 4.26. The van der Waals surface area contributed by atoms with Crippen LogP contribution >= 0.6 is 0 Å². The number of hydrogen-bond acceptors (Lipinski definition) is 2. The second kappa shape index (κ2) is 11.8. The molecule has 5 rings (SSSR count). The lowest BCUT2D eigenvalue weighted by Crippen LogP contribution is -2.06. The van der Waals surface area contributed by atoms with E-state index in [4.69, 9.17) is 15.7 Å². The van der Waals surface area contributed by atoms with E-state index in [1.54, 1.807) is 0 Å². The molecule has 5 aromatic rings. The number of nitrogen functional groups attached to an aromatic ring is 1. The topological polar surface area (TPSA) is 63.1 Å². The van der Waals surface area contributed by atoms with Crippen LogP contribution in [0, 0.1) is 0 Å². The van der Waals surface area contributed by atoms with Crippen molar-refractivity contribution in [1.82, 2.24) is 0 Å². The van der Waals surface area contributed by atoms with Gasteiger partial charge in [-0.25, -0.2) is 9.98 Å². The van der Waals surface area contributed by atoms with Gasteiger partial charge < -0.3 is 5.73 Å². The molecule has 2 N–H and O–H groups in total. The molecule has 0 aromatic heterocycles. The van der Waals surface area contributed by atoms with E-state index in [9.17, 15) is 0 Å². The van der Waals surface area contributed by atoms with Gasteiger partial charge >= 0.3 is 0 Å². The molecule has 0 aliphatic heterocycles. The quantitative estimate of drug-likeness (QED) is 0.147. The Hall–Kier alpha value is -5.09. The molecule has 184 valence electrons. The fourth-order valence-electron chi connectivity index (χ4n) is 4.26. The summed E-state index contributed by atoms with van der Waals surface area (Å²) in [6.07, 6.45) is 0. The number of nitrogens with two attached hydrogens (primary N) is 1. The molecular formula is C34H28N4. The van der Waals surface area contributed by atoms with Crippen molar-refractivity contribution in [1.29, 1.82) is 0 Å². The standard InChI is InChI=1S/C34H28N4/c1-36-33(38-34(27-16-9-4-10-17-27)37-24-25-12-5-2-6-13-25)31-21-29(26-14-7-3-8-15-26)20-30(22-31)28-18-11-19-32(35)23-28/h2-23H,1,24,35H2. The minimum absolute atomic E-state index is 0.503. The predicted octanol–water partition coefficient (Wildman–Crippen LogP) is 7.70. The summed E-state index contributed by atoms with van der Waals surface area (Å²) >= 11 is 0. The summed E-state index contributed by atoms with van der Waals surface area (Å²) in [7, 11) is 0. The first-order valence-electron chi connectivity index (χ1n) is 12.5. The van der Waals surface area contributed by atoms with Gasteiger partial charge in [0.1, 0.15) is 0 Å². The Balaban J connectivity index is 1.64. The molecule has 4 nitrogen and oxygen atoms in total. The average Bonchev–Trinajstić information content (AvgIpc) is 2.98. The molecule has 0 spiro atoms. The fraction of sp³-hybridized carbons (Fsp3) is 0.0294. The van der Waals surface area contributed by atoms with Gasteiger partial charge in [0.25, 0.3) is 0 Å². The van der Waals surface area contributed by atoms with Crippen molar-refractivity contribution in [3.8, 4) is 22.3 Å². The van der Waals surface area contributed by atoms with Crippen molar-refractivity contribution >= 4 is 24.1 Å². The SMILES string of the molecule is C=NC(=NC(=NCc1ccccc1)c1ccccc1)c1cc(-c2ccccc2)cc(-c2cccc(N)c2)c1. The third-order valence-electron chi connectivity index (χ3n) is 6.17. The molecule has 5 aromatic carbocycles. The predicted molar refractivity (Wildman–Crippen MR) is 161 cm³/mol. The summed E-state index contributed by atoms with van der Waals surface area (Å²) in [6.45, 7) is 4.38. The first kappa shape index (κ1) is 24.6. The van der Waals surface area contributed by atoms with Gasteiger partial charge in [-0.05, 0) is 64.9 Å². The van der Waals surface area contributed by atoms with Crippen LogP contribution in [0.15, 0.2) is 148 Å². The van der Waals surface area contributed by atoms with Crippen molar-refractivity contribution < 1.29 is 0 Å². The molecule has 0 bridgehead atoms. The van der Waals surface area contributed by atoms with Crippen LogP contribution in [-0.2, 0) is 6.54 Å². The highest BCUT2D eigenvalue weighted by atomic mass is 15.0. The highest BCUT2D eigenvalue weighted by molar-refractivity contribution is 6.13. The highest BCUT2D eigenvalue weighted by Gasteiger charge is 2.12. The van der Waals surface area contributed by atoms with Crippen LogP contribution in [-0.4, -0.2) is 18.4 Å². The van der Waals surface area contributed by atoms with Crippen LogP contribution in [0.5, 0.6) is 0 Å². The van der Waals surface area contributed by atoms with Crippen molar-refractivity contribution in [2.24, 2.45) is 15.0 Å². The number of anilines is 1. The molecule has 0 fully saturated rings. The van der Waals surface area contributed by atoms with E-state index in [2.05, 4.69) is 60.2 Å². The molecule has 0 heterocycles. The lowest BCUT2D eigenvalue weighted by molar-refractivity contribution is 1.06. The monoisotopic (exact) mass is 492 g/mol. The third kappa shape index (κ3) is 6.00. The first-order chi connectivity index (χ1) is 18.7. The number of amidine groups is 2. The van der Waals surface area contributed by atoms with Crippen molar-refractivity contribution in [3.05, 3.63) is 150 Å². The number of aliphatic imine (C=N–C) groups is 3. The summed E-state index contributed by atoms with van der Waals surface area (Å²) < 4.78 is 0. The van der Waals surface area contributed by atoms with Gasteiger partial charge in [-0.1, -0.05) is 103 Å². The summed E-state index contributed by atoms with van der Waals surface area (Å²) in [4.78, 5) is 14.2. The average molecular weight is 493 g/mol. The minimum Gasteiger partial charge on any atom is -0.399 e. The number of hydrogen-bond donors (Lipinski definition) is 1.